The fourth-order valence-corrected chi connectivity index (χ4v) is 2.52. The van der Waals surface area contributed by atoms with Crippen molar-refractivity contribution in [2.75, 3.05) is 5.32 Å². The fraction of sp³-hybridized carbons (Fsp3) is 0.600. The molecule has 0 spiro atoms. The monoisotopic (exact) mass is 233 g/mol. The molecule has 1 aromatic carbocycles. The van der Waals surface area contributed by atoms with E-state index >= 15 is 0 Å². The maximum absolute atomic E-state index is 9.66. The third-order valence-corrected chi connectivity index (χ3v) is 3.57. The van der Waals surface area contributed by atoms with Crippen molar-refractivity contribution in [2.45, 2.75) is 57.6 Å². The summed E-state index contributed by atoms with van der Waals surface area (Å²) in [7, 11) is 0. The van der Waals surface area contributed by atoms with Gasteiger partial charge in [0.25, 0.3) is 0 Å². The molecule has 1 aliphatic rings. The highest BCUT2D eigenvalue weighted by atomic mass is 16.3. The maximum atomic E-state index is 9.66. The van der Waals surface area contributed by atoms with E-state index in [1.165, 1.54) is 17.7 Å². The third kappa shape index (κ3) is 3.47. The van der Waals surface area contributed by atoms with Crippen LogP contribution in [0.4, 0.5) is 5.69 Å². The number of nitrogens with one attached hydrogen (secondary N) is 1. The van der Waals surface area contributed by atoms with Crippen LogP contribution in [-0.4, -0.2) is 17.3 Å². The largest absolute Gasteiger partial charge is 0.393 e. The van der Waals surface area contributed by atoms with E-state index in [0.29, 0.717) is 12.0 Å². The standard InChI is InChI=1S/C15H23NO/c1-11(2)12-5-3-6-13(9-12)16-14-7-4-8-15(17)10-14/h3,5-6,9,11,14-17H,4,7-8,10H2,1-2H3. The van der Waals surface area contributed by atoms with Crippen molar-refractivity contribution in [2.24, 2.45) is 0 Å². The molecule has 0 aliphatic heterocycles. The van der Waals surface area contributed by atoms with Gasteiger partial charge in [-0.3, -0.25) is 0 Å². The molecule has 1 fully saturated rings. The van der Waals surface area contributed by atoms with E-state index in [2.05, 4.69) is 43.4 Å². The quantitative estimate of drug-likeness (QED) is 0.837. The Kier molecular flexibility index (Phi) is 4.06. The number of benzene rings is 1. The Balaban J connectivity index is 2.00. The molecular weight excluding hydrogens is 210 g/mol. The zero-order valence-electron chi connectivity index (χ0n) is 10.8. The summed E-state index contributed by atoms with van der Waals surface area (Å²) in [5.74, 6) is 0.564. The molecule has 2 nitrogen and oxygen atoms in total. The van der Waals surface area contributed by atoms with E-state index in [-0.39, 0.29) is 6.10 Å². The zero-order valence-corrected chi connectivity index (χ0v) is 10.8. The van der Waals surface area contributed by atoms with Gasteiger partial charge in [0.1, 0.15) is 0 Å². The lowest BCUT2D eigenvalue weighted by Crippen LogP contribution is -2.29. The fourth-order valence-electron chi connectivity index (χ4n) is 2.52. The lowest BCUT2D eigenvalue weighted by molar-refractivity contribution is 0.124. The van der Waals surface area contributed by atoms with Crippen molar-refractivity contribution in [3.63, 3.8) is 0 Å². The van der Waals surface area contributed by atoms with Gasteiger partial charge in [-0.15, -0.1) is 0 Å². The van der Waals surface area contributed by atoms with Crippen molar-refractivity contribution >= 4 is 5.69 Å². The first-order valence-corrected chi connectivity index (χ1v) is 6.69. The lowest BCUT2D eigenvalue weighted by atomic mass is 9.92. The normalized spacial score (nSPS) is 24.9. The summed E-state index contributed by atoms with van der Waals surface area (Å²) in [6.45, 7) is 4.42. The Bertz CT molecular complexity index is 362. The molecule has 2 rings (SSSR count). The minimum atomic E-state index is -0.116. The first-order chi connectivity index (χ1) is 8.15. The van der Waals surface area contributed by atoms with E-state index in [1.807, 2.05) is 0 Å². The highest BCUT2D eigenvalue weighted by molar-refractivity contribution is 5.47. The number of aliphatic hydroxyl groups is 1. The van der Waals surface area contributed by atoms with Gasteiger partial charge < -0.3 is 10.4 Å². The molecule has 17 heavy (non-hydrogen) atoms. The van der Waals surface area contributed by atoms with Gasteiger partial charge in [-0.25, -0.2) is 0 Å². The second kappa shape index (κ2) is 5.54. The average molecular weight is 233 g/mol. The molecular formula is C15H23NO. The summed E-state index contributed by atoms with van der Waals surface area (Å²) in [5, 5.41) is 13.2. The summed E-state index contributed by atoms with van der Waals surface area (Å²) >= 11 is 0. The minimum Gasteiger partial charge on any atom is -0.393 e. The molecule has 1 aromatic rings. The predicted octanol–water partition coefficient (Wildman–Crippen LogP) is 3.53. The van der Waals surface area contributed by atoms with Crippen LogP contribution in [0.15, 0.2) is 24.3 Å². The van der Waals surface area contributed by atoms with E-state index in [0.717, 1.165) is 19.3 Å². The SMILES string of the molecule is CC(C)c1cccc(NC2CCCC(O)C2)c1. The summed E-state index contributed by atoms with van der Waals surface area (Å²) in [4.78, 5) is 0. The van der Waals surface area contributed by atoms with Crippen LogP contribution in [0.3, 0.4) is 0 Å². The van der Waals surface area contributed by atoms with Crippen molar-refractivity contribution in [1.82, 2.24) is 0 Å². The van der Waals surface area contributed by atoms with Crippen LogP contribution in [-0.2, 0) is 0 Å². The highest BCUT2D eigenvalue weighted by Crippen LogP contribution is 2.24. The van der Waals surface area contributed by atoms with Crippen LogP contribution < -0.4 is 5.32 Å². The minimum absolute atomic E-state index is 0.116. The van der Waals surface area contributed by atoms with Crippen LogP contribution >= 0.6 is 0 Å². The van der Waals surface area contributed by atoms with Crippen LogP contribution in [0.1, 0.15) is 51.0 Å². The number of anilines is 1. The molecule has 1 aliphatic carbocycles. The van der Waals surface area contributed by atoms with Crippen molar-refractivity contribution in [3.8, 4) is 0 Å². The van der Waals surface area contributed by atoms with Gasteiger partial charge in [0.2, 0.25) is 0 Å². The van der Waals surface area contributed by atoms with E-state index < -0.39 is 0 Å². The molecule has 0 heterocycles. The molecule has 0 aromatic heterocycles. The van der Waals surface area contributed by atoms with Crippen molar-refractivity contribution < 1.29 is 5.11 Å². The summed E-state index contributed by atoms with van der Waals surface area (Å²) in [5.41, 5.74) is 2.56. The Morgan fingerprint density at radius 3 is 2.82 bits per heavy atom. The van der Waals surface area contributed by atoms with Crippen LogP contribution in [0.5, 0.6) is 0 Å². The van der Waals surface area contributed by atoms with Gasteiger partial charge in [-0.1, -0.05) is 26.0 Å². The van der Waals surface area contributed by atoms with Crippen molar-refractivity contribution in [3.05, 3.63) is 29.8 Å². The smallest absolute Gasteiger partial charge is 0.0559 e. The van der Waals surface area contributed by atoms with E-state index in [9.17, 15) is 5.11 Å². The zero-order chi connectivity index (χ0) is 12.3. The van der Waals surface area contributed by atoms with Crippen LogP contribution in [0, 0.1) is 0 Å². The van der Waals surface area contributed by atoms with Crippen LogP contribution in [0.25, 0.3) is 0 Å². The van der Waals surface area contributed by atoms with Crippen LogP contribution in [0.2, 0.25) is 0 Å². The first-order valence-electron chi connectivity index (χ1n) is 6.69. The molecule has 2 N–H and O–H groups in total. The topological polar surface area (TPSA) is 32.3 Å². The molecule has 94 valence electrons. The summed E-state index contributed by atoms with van der Waals surface area (Å²) in [6, 6.07) is 9.06. The second-order valence-corrected chi connectivity index (χ2v) is 5.44. The molecule has 2 atom stereocenters. The van der Waals surface area contributed by atoms with E-state index in [1.54, 1.807) is 0 Å². The van der Waals surface area contributed by atoms with Gasteiger partial charge >= 0.3 is 0 Å². The summed E-state index contributed by atoms with van der Waals surface area (Å²) < 4.78 is 0. The van der Waals surface area contributed by atoms with Gasteiger partial charge in [0, 0.05) is 11.7 Å². The van der Waals surface area contributed by atoms with Gasteiger partial charge in [-0.05, 0) is 49.3 Å². The molecule has 0 bridgehead atoms. The average Bonchev–Trinajstić information content (AvgIpc) is 2.29. The molecule has 2 unspecified atom stereocenters. The molecule has 1 saturated carbocycles. The van der Waals surface area contributed by atoms with E-state index in [4.69, 9.17) is 0 Å². The Morgan fingerprint density at radius 1 is 1.29 bits per heavy atom. The Morgan fingerprint density at radius 2 is 2.12 bits per heavy atom. The number of rotatable bonds is 3. The van der Waals surface area contributed by atoms with Crippen molar-refractivity contribution in [1.29, 1.82) is 0 Å². The lowest BCUT2D eigenvalue weighted by Gasteiger charge is -2.27. The molecule has 0 amide bonds. The first kappa shape index (κ1) is 12.4. The third-order valence-electron chi connectivity index (χ3n) is 3.57. The Hall–Kier alpha value is -1.02. The maximum Gasteiger partial charge on any atom is 0.0559 e. The number of hydrogen-bond acceptors (Lipinski definition) is 2. The Labute approximate surface area is 104 Å². The molecule has 2 heteroatoms. The second-order valence-electron chi connectivity index (χ2n) is 5.44. The van der Waals surface area contributed by atoms with Gasteiger partial charge in [-0.2, -0.15) is 0 Å². The predicted molar refractivity (Wildman–Crippen MR) is 72.4 cm³/mol. The van der Waals surface area contributed by atoms with Gasteiger partial charge in [0.05, 0.1) is 6.10 Å². The summed E-state index contributed by atoms with van der Waals surface area (Å²) in [6.07, 6.45) is 4.02. The number of aliphatic hydroxyl groups excluding tert-OH is 1. The van der Waals surface area contributed by atoms with Gasteiger partial charge in [0.15, 0.2) is 0 Å². The number of hydrogen-bond donors (Lipinski definition) is 2. The highest BCUT2D eigenvalue weighted by Gasteiger charge is 2.19. The molecule has 0 saturated heterocycles. The molecule has 0 radical (unpaired) electrons.